The Bertz CT molecular complexity index is 817. The summed E-state index contributed by atoms with van der Waals surface area (Å²) < 4.78 is 10.6. The highest BCUT2D eigenvalue weighted by atomic mass is 32.2. The van der Waals surface area contributed by atoms with E-state index in [0.717, 1.165) is 11.8 Å². The lowest BCUT2D eigenvalue weighted by atomic mass is 10.1. The molecule has 5 nitrogen and oxygen atoms in total. The number of hydrogen-bond acceptors (Lipinski definition) is 5. The lowest BCUT2D eigenvalue weighted by Crippen LogP contribution is -2.27. The van der Waals surface area contributed by atoms with E-state index in [1.54, 1.807) is 55.7 Å². The summed E-state index contributed by atoms with van der Waals surface area (Å²) >= 11 is 0.906. The Kier molecular flexibility index (Phi) is 4.57. The van der Waals surface area contributed by atoms with Crippen molar-refractivity contribution in [2.24, 2.45) is 0 Å². The van der Waals surface area contributed by atoms with Gasteiger partial charge in [-0.3, -0.25) is 9.59 Å². The van der Waals surface area contributed by atoms with Gasteiger partial charge in [-0.15, -0.1) is 0 Å². The van der Waals surface area contributed by atoms with E-state index in [1.807, 2.05) is 6.07 Å². The quantitative estimate of drug-likeness (QED) is 0.788. The zero-order chi connectivity index (χ0) is 17.1. The maximum absolute atomic E-state index is 12.6. The van der Waals surface area contributed by atoms with E-state index < -0.39 is 0 Å². The molecular weight excluding hydrogens is 326 g/mol. The number of carbonyl (C=O) groups excluding carboxylic acids is 2. The van der Waals surface area contributed by atoms with Crippen molar-refractivity contribution in [3.8, 4) is 11.5 Å². The number of anilines is 1. The van der Waals surface area contributed by atoms with E-state index in [-0.39, 0.29) is 11.1 Å². The number of imide groups is 1. The van der Waals surface area contributed by atoms with Gasteiger partial charge in [0.2, 0.25) is 0 Å². The number of ether oxygens (including phenoxy) is 2. The number of para-hydroxylation sites is 2. The number of nitrogens with zero attached hydrogens (tertiary/aromatic N) is 1. The van der Waals surface area contributed by atoms with Gasteiger partial charge in [0.15, 0.2) is 11.5 Å². The van der Waals surface area contributed by atoms with Crippen LogP contribution in [0.3, 0.4) is 0 Å². The van der Waals surface area contributed by atoms with Crippen LogP contribution in [0.15, 0.2) is 53.4 Å². The van der Waals surface area contributed by atoms with Gasteiger partial charge in [-0.05, 0) is 36.0 Å². The van der Waals surface area contributed by atoms with Crippen LogP contribution in [-0.2, 0) is 4.79 Å². The smallest absolute Gasteiger partial charge is 0.298 e. The number of hydrogen-bond donors (Lipinski definition) is 0. The summed E-state index contributed by atoms with van der Waals surface area (Å²) in [5.41, 5.74) is 1.23. The van der Waals surface area contributed by atoms with Crippen molar-refractivity contribution in [1.82, 2.24) is 0 Å². The molecule has 1 aliphatic rings. The highest BCUT2D eigenvalue weighted by molar-refractivity contribution is 8.19. The van der Waals surface area contributed by atoms with Crippen molar-refractivity contribution in [3.05, 3.63) is 59.0 Å². The molecule has 0 N–H and O–H groups in total. The van der Waals surface area contributed by atoms with E-state index >= 15 is 0 Å². The van der Waals surface area contributed by atoms with Gasteiger partial charge in [0, 0.05) is 5.56 Å². The fourth-order valence-corrected chi connectivity index (χ4v) is 3.27. The molecule has 1 saturated heterocycles. The fourth-order valence-electron chi connectivity index (χ4n) is 2.43. The van der Waals surface area contributed by atoms with Crippen molar-refractivity contribution in [3.63, 3.8) is 0 Å². The second-order valence-corrected chi connectivity index (χ2v) is 5.93. The summed E-state index contributed by atoms with van der Waals surface area (Å²) in [6.07, 6.45) is 1.65. The summed E-state index contributed by atoms with van der Waals surface area (Å²) in [6.45, 7) is 0. The minimum absolute atomic E-state index is 0.320. The van der Waals surface area contributed by atoms with Crippen LogP contribution in [0.5, 0.6) is 11.5 Å². The topological polar surface area (TPSA) is 55.8 Å². The molecule has 2 aromatic rings. The van der Waals surface area contributed by atoms with Crippen molar-refractivity contribution >= 4 is 34.7 Å². The summed E-state index contributed by atoms with van der Waals surface area (Å²) in [7, 11) is 3.08. The van der Waals surface area contributed by atoms with Crippen LogP contribution >= 0.6 is 11.8 Å². The van der Waals surface area contributed by atoms with Crippen LogP contribution < -0.4 is 14.4 Å². The van der Waals surface area contributed by atoms with Gasteiger partial charge in [-0.2, -0.15) is 0 Å². The van der Waals surface area contributed by atoms with Crippen molar-refractivity contribution in [2.75, 3.05) is 19.1 Å². The molecule has 3 rings (SSSR count). The Morgan fingerprint density at radius 2 is 1.71 bits per heavy atom. The van der Waals surface area contributed by atoms with Gasteiger partial charge in [0.25, 0.3) is 11.1 Å². The Balaban J connectivity index is 1.98. The maximum Gasteiger partial charge on any atom is 0.298 e. The zero-order valence-electron chi connectivity index (χ0n) is 13.2. The molecule has 24 heavy (non-hydrogen) atoms. The first-order valence-corrected chi connectivity index (χ1v) is 8.01. The first-order valence-electron chi connectivity index (χ1n) is 7.19. The minimum Gasteiger partial charge on any atom is -0.493 e. The van der Waals surface area contributed by atoms with Gasteiger partial charge < -0.3 is 9.47 Å². The molecule has 0 spiro atoms. The van der Waals surface area contributed by atoms with E-state index in [4.69, 9.17) is 9.47 Å². The third-order valence-corrected chi connectivity index (χ3v) is 4.40. The second kappa shape index (κ2) is 6.80. The molecule has 0 radical (unpaired) electrons. The molecule has 1 fully saturated rings. The fraction of sp³-hybridized carbons (Fsp3) is 0.111. The van der Waals surface area contributed by atoms with E-state index in [9.17, 15) is 9.59 Å². The number of methoxy groups -OCH3 is 2. The average Bonchev–Trinajstić information content (AvgIpc) is 2.89. The zero-order valence-corrected chi connectivity index (χ0v) is 14.0. The Hall–Kier alpha value is -2.73. The highest BCUT2D eigenvalue weighted by Gasteiger charge is 2.36. The Morgan fingerprint density at radius 3 is 2.38 bits per heavy atom. The standard InChI is InChI=1S/C18H15NO4S/c1-22-14-10-6-7-12(16(14)23-2)11-15-17(20)19(18(21)24-15)13-8-4-3-5-9-13/h3-11H,1-2H3/b15-11+. The molecule has 0 aliphatic carbocycles. The van der Waals surface area contributed by atoms with Crippen LogP contribution in [-0.4, -0.2) is 25.4 Å². The minimum atomic E-state index is -0.346. The molecule has 2 amide bonds. The molecular formula is C18H15NO4S. The molecule has 1 heterocycles. The molecule has 6 heteroatoms. The van der Waals surface area contributed by atoms with E-state index in [1.165, 1.54) is 12.0 Å². The molecule has 0 unspecified atom stereocenters. The van der Waals surface area contributed by atoms with Crippen LogP contribution in [0.1, 0.15) is 5.56 Å². The predicted molar refractivity (Wildman–Crippen MR) is 94.4 cm³/mol. The van der Waals surface area contributed by atoms with E-state index in [0.29, 0.717) is 27.7 Å². The third kappa shape index (κ3) is 2.88. The summed E-state index contributed by atoms with van der Waals surface area (Å²) in [5, 5.41) is -0.320. The lowest BCUT2D eigenvalue weighted by Gasteiger charge is -2.12. The van der Waals surface area contributed by atoms with E-state index in [2.05, 4.69) is 0 Å². The normalized spacial score (nSPS) is 15.9. The van der Waals surface area contributed by atoms with Gasteiger partial charge in [-0.1, -0.05) is 30.3 Å². The Morgan fingerprint density at radius 1 is 0.958 bits per heavy atom. The molecule has 122 valence electrons. The third-order valence-electron chi connectivity index (χ3n) is 3.53. The summed E-state index contributed by atoms with van der Waals surface area (Å²) in [4.78, 5) is 26.4. The molecule has 0 saturated carbocycles. The molecule has 0 aromatic heterocycles. The largest absolute Gasteiger partial charge is 0.493 e. The number of benzene rings is 2. The number of rotatable bonds is 4. The molecule has 1 aliphatic heterocycles. The highest BCUT2D eigenvalue weighted by Crippen LogP contribution is 2.38. The van der Waals surface area contributed by atoms with Gasteiger partial charge in [0.1, 0.15) is 0 Å². The number of carbonyl (C=O) groups is 2. The Labute approximate surface area is 143 Å². The maximum atomic E-state index is 12.6. The van der Waals surface area contributed by atoms with Crippen molar-refractivity contribution in [1.29, 1.82) is 0 Å². The molecule has 0 bridgehead atoms. The van der Waals surface area contributed by atoms with Crippen LogP contribution in [0, 0.1) is 0 Å². The lowest BCUT2D eigenvalue weighted by molar-refractivity contribution is -0.113. The predicted octanol–water partition coefficient (Wildman–Crippen LogP) is 3.94. The van der Waals surface area contributed by atoms with Gasteiger partial charge in [-0.25, -0.2) is 4.90 Å². The first kappa shape index (κ1) is 16.1. The second-order valence-electron chi connectivity index (χ2n) is 4.94. The van der Waals surface area contributed by atoms with Crippen molar-refractivity contribution in [2.45, 2.75) is 0 Å². The summed E-state index contributed by atoms with van der Waals surface area (Å²) in [6, 6.07) is 14.2. The summed E-state index contributed by atoms with van der Waals surface area (Å²) in [5.74, 6) is 0.737. The van der Waals surface area contributed by atoms with Gasteiger partial charge in [0.05, 0.1) is 24.8 Å². The van der Waals surface area contributed by atoms with Crippen LogP contribution in [0.25, 0.3) is 6.08 Å². The SMILES string of the molecule is COc1cccc(/C=C2/SC(=O)N(c3ccccc3)C2=O)c1OC. The average molecular weight is 341 g/mol. The van der Waals surface area contributed by atoms with Gasteiger partial charge >= 0.3 is 0 Å². The first-order chi connectivity index (χ1) is 11.7. The van der Waals surface area contributed by atoms with Crippen molar-refractivity contribution < 1.29 is 19.1 Å². The number of thioether (sulfide) groups is 1. The van der Waals surface area contributed by atoms with Crippen LogP contribution in [0.2, 0.25) is 0 Å². The molecule has 2 aromatic carbocycles. The monoisotopic (exact) mass is 341 g/mol. The van der Waals surface area contributed by atoms with Crippen LogP contribution in [0.4, 0.5) is 10.5 Å². The number of amides is 2. The molecule has 0 atom stereocenters.